The normalized spacial score (nSPS) is 9.23. The van der Waals surface area contributed by atoms with E-state index in [0.717, 1.165) is 0 Å². The van der Waals surface area contributed by atoms with E-state index >= 15 is 0 Å². The lowest BCUT2D eigenvalue weighted by molar-refractivity contribution is -0.116. The second-order valence-corrected chi connectivity index (χ2v) is 2.77. The number of hydrogen-bond acceptors (Lipinski definition) is 3. The molecular formula is C9H7ClN2O. The number of aromatic nitrogens is 1. The third kappa shape index (κ3) is 2.85. The zero-order valence-corrected chi connectivity index (χ0v) is 7.58. The Hall–Kier alpha value is -1.40. The van der Waals surface area contributed by atoms with E-state index in [1.807, 2.05) is 6.07 Å². The lowest BCUT2D eigenvalue weighted by Crippen LogP contribution is -2.05. The molecule has 0 aliphatic heterocycles. The summed E-state index contributed by atoms with van der Waals surface area (Å²) >= 11 is 5.33. The Morgan fingerprint density at radius 3 is 2.85 bits per heavy atom. The van der Waals surface area contributed by atoms with Crippen LogP contribution in [0, 0.1) is 11.3 Å². The first kappa shape index (κ1) is 9.69. The maximum atomic E-state index is 10.9. The Bertz CT molecular complexity index is 340. The van der Waals surface area contributed by atoms with Gasteiger partial charge in [-0.2, -0.15) is 5.26 Å². The molecule has 4 heteroatoms. The van der Waals surface area contributed by atoms with E-state index in [4.69, 9.17) is 16.9 Å². The third-order valence-corrected chi connectivity index (χ3v) is 1.78. The highest BCUT2D eigenvalue weighted by Gasteiger charge is 2.02. The van der Waals surface area contributed by atoms with Crippen molar-refractivity contribution in [1.82, 2.24) is 4.98 Å². The molecule has 0 aliphatic rings. The number of rotatable bonds is 3. The zero-order valence-electron chi connectivity index (χ0n) is 6.83. The van der Waals surface area contributed by atoms with Crippen molar-refractivity contribution in [1.29, 1.82) is 5.26 Å². The van der Waals surface area contributed by atoms with Gasteiger partial charge in [0.15, 0.2) is 5.78 Å². The summed E-state index contributed by atoms with van der Waals surface area (Å²) in [5.41, 5.74) is 1.13. The molecule has 0 aromatic carbocycles. The number of halogens is 1. The fraction of sp³-hybridized carbons (Fsp3) is 0.222. The Kier molecular flexibility index (Phi) is 3.41. The molecule has 0 saturated heterocycles. The van der Waals surface area contributed by atoms with Crippen LogP contribution in [0.2, 0.25) is 0 Å². The van der Waals surface area contributed by atoms with Gasteiger partial charge < -0.3 is 0 Å². The van der Waals surface area contributed by atoms with Crippen LogP contribution in [0.4, 0.5) is 0 Å². The molecule has 0 spiro atoms. The molecule has 0 bridgehead atoms. The molecular weight excluding hydrogens is 188 g/mol. The van der Waals surface area contributed by atoms with E-state index < -0.39 is 0 Å². The average molecular weight is 195 g/mol. The quantitative estimate of drug-likeness (QED) is 0.682. The van der Waals surface area contributed by atoms with E-state index in [9.17, 15) is 4.79 Å². The highest BCUT2D eigenvalue weighted by molar-refractivity contribution is 6.27. The summed E-state index contributed by atoms with van der Waals surface area (Å²) in [5, 5.41) is 8.48. The third-order valence-electron chi connectivity index (χ3n) is 1.48. The second kappa shape index (κ2) is 4.58. The first-order valence-electron chi connectivity index (χ1n) is 3.69. The van der Waals surface area contributed by atoms with E-state index in [-0.39, 0.29) is 18.1 Å². The first-order chi connectivity index (χ1) is 6.26. The molecule has 1 heterocycles. The van der Waals surface area contributed by atoms with Crippen molar-refractivity contribution in [2.75, 3.05) is 5.88 Å². The van der Waals surface area contributed by atoms with Gasteiger partial charge in [-0.25, -0.2) is 0 Å². The maximum absolute atomic E-state index is 10.9. The van der Waals surface area contributed by atoms with Crippen LogP contribution in [-0.4, -0.2) is 16.6 Å². The smallest absolute Gasteiger partial charge is 0.153 e. The summed E-state index contributed by atoms with van der Waals surface area (Å²) in [6, 6.07) is 5.23. The van der Waals surface area contributed by atoms with Gasteiger partial charge in [0.1, 0.15) is 6.07 Å². The monoisotopic (exact) mass is 194 g/mol. The molecule has 66 valence electrons. The SMILES string of the molecule is N#Cc1ccc(CC(=O)CCl)nc1. The van der Waals surface area contributed by atoms with Crippen LogP contribution in [0.3, 0.4) is 0 Å². The molecule has 0 atom stereocenters. The lowest BCUT2D eigenvalue weighted by Gasteiger charge is -1.96. The lowest BCUT2D eigenvalue weighted by atomic mass is 10.2. The largest absolute Gasteiger partial charge is 0.298 e. The van der Waals surface area contributed by atoms with Crippen molar-refractivity contribution in [3.63, 3.8) is 0 Å². The van der Waals surface area contributed by atoms with E-state index in [1.54, 1.807) is 12.1 Å². The summed E-state index contributed by atoms with van der Waals surface area (Å²) in [5.74, 6) is -0.0688. The molecule has 0 saturated carbocycles. The highest BCUT2D eigenvalue weighted by Crippen LogP contribution is 2.00. The average Bonchev–Trinajstić information content (AvgIpc) is 2.19. The van der Waals surface area contributed by atoms with Gasteiger partial charge in [-0.05, 0) is 12.1 Å². The molecule has 0 N–H and O–H groups in total. The maximum Gasteiger partial charge on any atom is 0.153 e. The van der Waals surface area contributed by atoms with Crippen LogP contribution in [0.1, 0.15) is 11.3 Å². The minimum Gasteiger partial charge on any atom is -0.298 e. The molecule has 1 rings (SSSR count). The van der Waals surface area contributed by atoms with Gasteiger partial charge in [0.25, 0.3) is 0 Å². The van der Waals surface area contributed by atoms with Gasteiger partial charge in [-0.15, -0.1) is 11.6 Å². The number of alkyl halides is 1. The van der Waals surface area contributed by atoms with Crippen molar-refractivity contribution in [2.24, 2.45) is 0 Å². The summed E-state index contributed by atoms with van der Waals surface area (Å²) in [6.45, 7) is 0. The summed E-state index contributed by atoms with van der Waals surface area (Å²) in [6.07, 6.45) is 1.67. The van der Waals surface area contributed by atoms with Crippen LogP contribution in [0.15, 0.2) is 18.3 Å². The predicted molar refractivity (Wildman–Crippen MR) is 48.4 cm³/mol. The first-order valence-corrected chi connectivity index (χ1v) is 4.22. The van der Waals surface area contributed by atoms with Crippen LogP contribution in [0.25, 0.3) is 0 Å². The molecule has 1 aromatic rings. The standard InChI is InChI=1S/C9H7ClN2O/c10-4-9(13)3-8-2-1-7(5-11)6-12-8/h1-2,6H,3-4H2. The number of hydrogen-bond donors (Lipinski definition) is 0. The number of nitriles is 1. The van der Waals surface area contributed by atoms with Crippen molar-refractivity contribution in [3.8, 4) is 6.07 Å². The van der Waals surface area contributed by atoms with Gasteiger partial charge in [0.2, 0.25) is 0 Å². The minimum absolute atomic E-state index is 0.00167. The molecule has 3 nitrogen and oxygen atoms in total. The topological polar surface area (TPSA) is 53.8 Å². The fourth-order valence-electron chi connectivity index (χ4n) is 0.844. The van der Waals surface area contributed by atoms with Gasteiger partial charge >= 0.3 is 0 Å². The Labute approximate surface area is 81.0 Å². The van der Waals surface area contributed by atoms with Crippen LogP contribution >= 0.6 is 11.6 Å². The number of ketones is 1. The minimum atomic E-state index is -0.0705. The van der Waals surface area contributed by atoms with Crippen LogP contribution < -0.4 is 0 Å². The number of carbonyl (C=O) groups is 1. The van der Waals surface area contributed by atoms with Gasteiger partial charge in [0, 0.05) is 18.3 Å². The number of Topliss-reactive ketones (excluding diaryl/α,β-unsaturated/α-hetero) is 1. The summed E-state index contributed by atoms with van der Waals surface area (Å²) in [4.78, 5) is 14.8. The van der Waals surface area contributed by atoms with E-state index in [1.165, 1.54) is 6.20 Å². The van der Waals surface area contributed by atoms with Crippen molar-refractivity contribution in [2.45, 2.75) is 6.42 Å². The van der Waals surface area contributed by atoms with Gasteiger partial charge in [-0.1, -0.05) is 0 Å². The number of nitrogens with zero attached hydrogens (tertiary/aromatic N) is 2. The van der Waals surface area contributed by atoms with Crippen LogP contribution in [0.5, 0.6) is 0 Å². The zero-order chi connectivity index (χ0) is 9.68. The Morgan fingerprint density at radius 1 is 1.62 bits per heavy atom. The Morgan fingerprint density at radius 2 is 2.38 bits per heavy atom. The highest BCUT2D eigenvalue weighted by atomic mass is 35.5. The van der Waals surface area contributed by atoms with Gasteiger partial charge in [-0.3, -0.25) is 9.78 Å². The molecule has 0 aliphatic carbocycles. The van der Waals surface area contributed by atoms with Crippen molar-refractivity contribution >= 4 is 17.4 Å². The number of carbonyl (C=O) groups excluding carboxylic acids is 1. The second-order valence-electron chi connectivity index (χ2n) is 2.50. The predicted octanol–water partition coefficient (Wildman–Crippen LogP) is 1.30. The molecule has 0 radical (unpaired) electrons. The van der Waals surface area contributed by atoms with Gasteiger partial charge in [0.05, 0.1) is 11.4 Å². The number of pyridine rings is 1. The van der Waals surface area contributed by atoms with Crippen molar-refractivity contribution < 1.29 is 4.79 Å². The molecule has 0 unspecified atom stereocenters. The fourth-order valence-corrected chi connectivity index (χ4v) is 0.939. The summed E-state index contributed by atoms with van der Waals surface area (Å²) < 4.78 is 0. The molecule has 0 amide bonds. The molecule has 0 fully saturated rings. The molecule has 1 aromatic heterocycles. The summed E-state index contributed by atoms with van der Waals surface area (Å²) in [7, 11) is 0. The van der Waals surface area contributed by atoms with Crippen molar-refractivity contribution in [3.05, 3.63) is 29.6 Å². The van der Waals surface area contributed by atoms with E-state index in [2.05, 4.69) is 4.98 Å². The molecule has 13 heavy (non-hydrogen) atoms. The van der Waals surface area contributed by atoms with Crippen LogP contribution in [-0.2, 0) is 11.2 Å². The Balaban J connectivity index is 2.71. The van der Waals surface area contributed by atoms with E-state index in [0.29, 0.717) is 11.3 Å².